The zero-order chi connectivity index (χ0) is 15.5. The van der Waals surface area contributed by atoms with Crippen molar-refractivity contribution >= 4 is 17.5 Å². The molecular weight excluding hydrogens is 304 g/mol. The van der Waals surface area contributed by atoms with E-state index in [1.807, 2.05) is 24.3 Å². The third kappa shape index (κ3) is 3.31. The molecule has 1 saturated heterocycles. The van der Waals surface area contributed by atoms with Gasteiger partial charge in [0.05, 0.1) is 17.9 Å². The zero-order valence-electron chi connectivity index (χ0n) is 12.0. The topological polar surface area (TPSA) is 66.6 Å². The Morgan fingerprint density at radius 1 is 1.41 bits per heavy atom. The number of aliphatic hydroxyl groups is 1. The molecule has 1 aromatic heterocycles. The molecule has 2 heterocycles. The molecule has 1 N–H and O–H groups in total. The highest BCUT2D eigenvalue weighted by Gasteiger charge is 2.31. The van der Waals surface area contributed by atoms with Crippen molar-refractivity contribution in [2.75, 3.05) is 13.1 Å². The molecule has 0 saturated carbocycles. The van der Waals surface area contributed by atoms with E-state index < -0.39 is 6.10 Å². The van der Waals surface area contributed by atoms with Crippen molar-refractivity contribution in [3.8, 4) is 0 Å². The minimum Gasteiger partial charge on any atom is -0.393 e. The highest BCUT2D eigenvalue weighted by atomic mass is 35.5. The number of nitrogens with zero attached hydrogens (tertiary/aromatic N) is 2. The van der Waals surface area contributed by atoms with E-state index in [1.54, 1.807) is 4.90 Å². The fourth-order valence-electron chi connectivity index (χ4n) is 2.82. The van der Waals surface area contributed by atoms with Gasteiger partial charge in [-0.05, 0) is 30.5 Å². The minimum atomic E-state index is -0.401. The van der Waals surface area contributed by atoms with E-state index in [0.29, 0.717) is 36.5 Å². The van der Waals surface area contributed by atoms with Gasteiger partial charge in [0, 0.05) is 24.0 Å². The Hall–Kier alpha value is -1.85. The maximum Gasteiger partial charge on any atom is 0.258 e. The van der Waals surface area contributed by atoms with Crippen molar-refractivity contribution in [1.29, 1.82) is 0 Å². The molecule has 3 rings (SSSR count). The number of hydrogen-bond acceptors (Lipinski definition) is 4. The van der Waals surface area contributed by atoms with Crippen LogP contribution in [0.4, 0.5) is 0 Å². The van der Waals surface area contributed by atoms with Crippen LogP contribution in [0.1, 0.15) is 22.3 Å². The van der Waals surface area contributed by atoms with Crippen LogP contribution in [-0.2, 0) is 6.42 Å². The van der Waals surface area contributed by atoms with Crippen molar-refractivity contribution in [2.24, 2.45) is 5.92 Å². The summed E-state index contributed by atoms with van der Waals surface area (Å²) in [5.41, 5.74) is 1.55. The lowest BCUT2D eigenvalue weighted by atomic mass is 9.88. The number of halogens is 1. The summed E-state index contributed by atoms with van der Waals surface area (Å²) in [6.07, 6.45) is 3.66. The van der Waals surface area contributed by atoms with Gasteiger partial charge in [-0.15, -0.1) is 0 Å². The zero-order valence-corrected chi connectivity index (χ0v) is 12.7. The Kier molecular flexibility index (Phi) is 4.45. The van der Waals surface area contributed by atoms with Crippen molar-refractivity contribution in [3.63, 3.8) is 0 Å². The molecular formula is C16H17ClN2O3. The normalized spacial score (nSPS) is 21.8. The summed E-state index contributed by atoms with van der Waals surface area (Å²) in [5.74, 6) is -0.0898. The molecule has 22 heavy (non-hydrogen) atoms. The average Bonchev–Trinajstić information content (AvgIpc) is 3.05. The van der Waals surface area contributed by atoms with Crippen LogP contribution in [0.3, 0.4) is 0 Å². The first-order valence-corrected chi connectivity index (χ1v) is 7.62. The summed E-state index contributed by atoms with van der Waals surface area (Å²) in [7, 11) is 0. The molecule has 1 fully saturated rings. The van der Waals surface area contributed by atoms with Crippen LogP contribution in [0.25, 0.3) is 0 Å². The Bertz CT molecular complexity index is 627. The van der Waals surface area contributed by atoms with Gasteiger partial charge in [0.1, 0.15) is 6.26 Å². The van der Waals surface area contributed by atoms with Gasteiger partial charge < -0.3 is 14.5 Å². The molecule has 1 aromatic carbocycles. The summed E-state index contributed by atoms with van der Waals surface area (Å²) in [6, 6.07) is 7.59. The number of amides is 1. The van der Waals surface area contributed by atoms with E-state index in [9.17, 15) is 9.90 Å². The van der Waals surface area contributed by atoms with Crippen molar-refractivity contribution in [1.82, 2.24) is 10.1 Å². The number of carbonyl (C=O) groups is 1. The minimum absolute atomic E-state index is 0.0127. The first kappa shape index (κ1) is 15.1. The predicted molar refractivity (Wildman–Crippen MR) is 81.7 cm³/mol. The molecule has 1 amide bonds. The fourth-order valence-corrected chi connectivity index (χ4v) is 2.95. The van der Waals surface area contributed by atoms with Crippen LogP contribution in [0.5, 0.6) is 0 Å². The number of benzene rings is 1. The van der Waals surface area contributed by atoms with Gasteiger partial charge in [-0.25, -0.2) is 0 Å². The smallest absolute Gasteiger partial charge is 0.258 e. The predicted octanol–water partition coefficient (Wildman–Crippen LogP) is 2.39. The molecule has 2 atom stereocenters. The number of likely N-dealkylation sites (tertiary alicyclic amines) is 1. The van der Waals surface area contributed by atoms with Gasteiger partial charge in [-0.1, -0.05) is 28.9 Å². The molecule has 116 valence electrons. The number of aromatic nitrogens is 1. The summed E-state index contributed by atoms with van der Waals surface area (Å²) in [4.78, 5) is 14.1. The lowest BCUT2D eigenvalue weighted by Gasteiger charge is -2.36. The summed E-state index contributed by atoms with van der Waals surface area (Å²) in [6.45, 7) is 1.07. The van der Waals surface area contributed by atoms with Crippen LogP contribution in [-0.4, -0.2) is 40.3 Å². The van der Waals surface area contributed by atoms with Crippen LogP contribution in [0.2, 0.25) is 5.02 Å². The Morgan fingerprint density at radius 3 is 2.86 bits per heavy atom. The second kappa shape index (κ2) is 6.50. The van der Waals surface area contributed by atoms with Gasteiger partial charge in [0.25, 0.3) is 5.91 Å². The molecule has 6 heteroatoms. The number of piperidine rings is 1. The molecule has 5 nitrogen and oxygen atoms in total. The lowest BCUT2D eigenvalue weighted by molar-refractivity contribution is 0.0241. The van der Waals surface area contributed by atoms with Crippen LogP contribution < -0.4 is 0 Å². The summed E-state index contributed by atoms with van der Waals surface area (Å²) in [5, 5.41) is 14.5. The largest absolute Gasteiger partial charge is 0.393 e. The maximum atomic E-state index is 12.3. The average molecular weight is 321 g/mol. The fraction of sp³-hybridized carbons (Fsp3) is 0.375. The van der Waals surface area contributed by atoms with Gasteiger partial charge in [0.15, 0.2) is 0 Å². The highest BCUT2D eigenvalue weighted by Crippen LogP contribution is 2.23. The van der Waals surface area contributed by atoms with Crippen LogP contribution in [0, 0.1) is 5.92 Å². The maximum absolute atomic E-state index is 12.3. The summed E-state index contributed by atoms with van der Waals surface area (Å²) >= 11 is 5.89. The first-order valence-electron chi connectivity index (χ1n) is 7.24. The van der Waals surface area contributed by atoms with Crippen molar-refractivity contribution in [3.05, 3.63) is 52.9 Å². The molecule has 0 spiro atoms. The second-order valence-corrected chi connectivity index (χ2v) is 6.05. The lowest BCUT2D eigenvalue weighted by Crippen LogP contribution is -2.46. The quantitative estimate of drug-likeness (QED) is 0.943. The summed E-state index contributed by atoms with van der Waals surface area (Å²) < 4.78 is 4.72. The molecule has 1 aliphatic heterocycles. The van der Waals surface area contributed by atoms with Crippen LogP contribution in [0.15, 0.2) is 41.2 Å². The van der Waals surface area contributed by atoms with E-state index in [1.165, 1.54) is 12.5 Å². The van der Waals surface area contributed by atoms with E-state index in [0.717, 1.165) is 5.56 Å². The number of carbonyl (C=O) groups excluding carboxylic acids is 1. The van der Waals surface area contributed by atoms with Gasteiger partial charge in [-0.3, -0.25) is 4.79 Å². The molecule has 0 unspecified atom stereocenters. The van der Waals surface area contributed by atoms with Gasteiger partial charge in [0.2, 0.25) is 0 Å². The van der Waals surface area contributed by atoms with Crippen LogP contribution >= 0.6 is 11.6 Å². The monoisotopic (exact) mass is 320 g/mol. The van der Waals surface area contributed by atoms with E-state index in [2.05, 4.69) is 5.16 Å². The van der Waals surface area contributed by atoms with Crippen molar-refractivity contribution < 1.29 is 14.4 Å². The third-order valence-corrected chi connectivity index (χ3v) is 4.32. The Morgan fingerprint density at radius 2 is 2.18 bits per heavy atom. The molecule has 0 aliphatic carbocycles. The molecule has 0 bridgehead atoms. The van der Waals surface area contributed by atoms with Gasteiger partial charge in [-0.2, -0.15) is 0 Å². The second-order valence-electron chi connectivity index (χ2n) is 5.61. The van der Waals surface area contributed by atoms with E-state index in [4.69, 9.17) is 16.1 Å². The SMILES string of the molecule is O=C(c1cnoc1)N1CC[C@H](O)[C@H](Cc2ccc(Cl)cc2)C1. The number of aliphatic hydroxyl groups excluding tert-OH is 1. The van der Waals surface area contributed by atoms with E-state index >= 15 is 0 Å². The first-order chi connectivity index (χ1) is 10.6. The molecule has 0 radical (unpaired) electrons. The van der Waals surface area contributed by atoms with Gasteiger partial charge >= 0.3 is 0 Å². The van der Waals surface area contributed by atoms with Crippen molar-refractivity contribution in [2.45, 2.75) is 18.9 Å². The number of hydrogen-bond donors (Lipinski definition) is 1. The Balaban J connectivity index is 1.68. The molecule has 1 aliphatic rings. The standard InChI is InChI=1S/C16H17ClN2O3/c17-14-3-1-11(2-4-14)7-12-9-19(6-5-15(12)20)16(21)13-8-18-22-10-13/h1-4,8,10,12,15,20H,5-7,9H2/t12-,15+/m1/s1. The number of rotatable bonds is 3. The van der Waals surface area contributed by atoms with E-state index in [-0.39, 0.29) is 11.8 Å². The highest BCUT2D eigenvalue weighted by molar-refractivity contribution is 6.30. The Labute approximate surface area is 133 Å². The third-order valence-electron chi connectivity index (χ3n) is 4.07. The molecule has 2 aromatic rings.